The van der Waals surface area contributed by atoms with Gasteiger partial charge in [0, 0.05) is 19.2 Å². The van der Waals surface area contributed by atoms with E-state index in [0.717, 1.165) is 25.3 Å². The number of hydrogen-bond acceptors (Lipinski definition) is 2. The van der Waals surface area contributed by atoms with E-state index >= 15 is 0 Å². The average Bonchev–Trinajstić information content (AvgIpc) is 2.02. The van der Waals surface area contributed by atoms with E-state index in [4.69, 9.17) is 5.11 Å². The molecular weight excluding hydrogens is 162 g/mol. The maximum absolute atomic E-state index is 8.68. The fraction of sp³-hybridized carbons (Fsp3) is 1.00. The van der Waals surface area contributed by atoms with Crippen LogP contribution in [0.5, 0.6) is 0 Å². The van der Waals surface area contributed by atoms with Gasteiger partial charge >= 0.3 is 0 Å². The molecule has 0 saturated carbocycles. The van der Waals surface area contributed by atoms with Crippen LogP contribution < -0.4 is 0 Å². The maximum atomic E-state index is 8.68. The van der Waals surface area contributed by atoms with Gasteiger partial charge in [-0.05, 0) is 39.2 Å². The van der Waals surface area contributed by atoms with Gasteiger partial charge in [-0.3, -0.25) is 0 Å². The van der Waals surface area contributed by atoms with Crippen molar-refractivity contribution in [2.45, 2.75) is 46.6 Å². The molecule has 2 nitrogen and oxygen atoms in total. The lowest BCUT2D eigenvalue weighted by molar-refractivity contribution is 0.186. The van der Waals surface area contributed by atoms with Crippen molar-refractivity contribution in [3.05, 3.63) is 0 Å². The molecule has 0 aliphatic heterocycles. The minimum atomic E-state index is 0.327. The number of rotatable bonds is 7. The van der Waals surface area contributed by atoms with Crippen LogP contribution in [-0.4, -0.2) is 35.7 Å². The number of unbranched alkanes of at least 4 members (excludes halogenated alkanes) is 1. The van der Waals surface area contributed by atoms with Gasteiger partial charge in [-0.2, -0.15) is 0 Å². The van der Waals surface area contributed by atoms with Crippen LogP contribution >= 0.6 is 0 Å². The third-order valence-electron chi connectivity index (χ3n) is 2.18. The zero-order valence-corrected chi connectivity index (χ0v) is 9.58. The van der Waals surface area contributed by atoms with Crippen LogP contribution in [0.4, 0.5) is 0 Å². The van der Waals surface area contributed by atoms with Crippen LogP contribution in [0.1, 0.15) is 40.5 Å². The Labute approximate surface area is 82.9 Å². The summed E-state index contributed by atoms with van der Waals surface area (Å²) in [6.07, 6.45) is 2.04. The second kappa shape index (κ2) is 7.34. The van der Waals surface area contributed by atoms with Crippen molar-refractivity contribution in [3.63, 3.8) is 0 Å². The van der Waals surface area contributed by atoms with E-state index in [1.54, 1.807) is 0 Å². The van der Waals surface area contributed by atoms with Crippen molar-refractivity contribution in [2.24, 2.45) is 5.92 Å². The van der Waals surface area contributed by atoms with Crippen molar-refractivity contribution in [1.82, 2.24) is 4.90 Å². The fourth-order valence-corrected chi connectivity index (χ4v) is 1.46. The predicted octanol–water partition coefficient (Wildman–Crippen LogP) is 2.13. The molecule has 0 amide bonds. The van der Waals surface area contributed by atoms with Crippen LogP contribution in [0.25, 0.3) is 0 Å². The smallest absolute Gasteiger partial charge is 0.0431 e. The number of aliphatic hydroxyl groups is 1. The molecule has 0 bridgehead atoms. The molecule has 0 fully saturated rings. The molecule has 0 aliphatic carbocycles. The van der Waals surface area contributed by atoms with E-state index in [2.05, 4.69) is 32.6 Å². The molecule has 0 unspecified atom stereocenters. The van der Waals surface area contributed by atoms with Crippen LogP contribution in [-0.2, 0) is 0 Å². The highest BCUT2D eigenvalue weighted by molar-refractivity contribution is 4.64. The SMILES string of the molecule is CC(C)CN(CCCCO)C(C)C. The zero-order chi connectivity index (χ0) is 10.3. The van der Waals surface area contributed by atoms with Gasteiger partial charge in [0.1, 0.15) is 0 Å². The lowest BCUT2D eigenvalue weighted by Crippen LogP contribution is -2.35. The summed E-state index contributed by atoms with van der Waals surface area (Å²) in [4.78, 5) is 2.49. The van der Waals surface area contributed by atoms with Crippen molar-refractivity contribution in [1.29, 1.82) is 0 Å². The molecule has 80 valence electrons. The first-order chi connectivity index (χ1) is 6.07. The van der Waals surface area contributed by atoms with Crippen LogP contribution in [0.3, 0.4) is 0 Å². The Morgan fingerprint density at radius 2 is 1.69 bits per heavy atom. The first kappa shape index (κ1) is 12.9. The number of aliphatic hydroxyl groups excluding tert-OH is 1. The minimum absolute atomic E-state index is 0.327. The summed E-state index contributed by atoms with van der Waals surface area (Å²) in [6.45, 7) is 11.6. The molecule has 0 aromatic carbocycles. The van der Waals surface area contributed by atoms with Crippen LogP contribution in [0.15, 0.2) is 0 Å². The topological polar surface area (TPSA) is 23.5 Å². The summed E-state index contributed by atoms with van der Waals surface area (Å²) in [5.74, 6) is 0.733. The molecule has 2 heteroatoms. The van der Waals surface area contributed by atoms with Crippen molar-refractivity contribution >= 4 is 0 Å². The van der Waals surface area contributed by atoms with E-state index in [-0.39, 0.29) is 0 Å². The van der Waals surface area contributed by atoms with E-state index in [0.29, 0.717) is 12.6 Å². The third-order valence-corrected chi connectivity index (χ3v) is 2.18. The first-order valence-corrected chi connectivity index (χ1v) is 5.42. The zero-order valence-electron chi connectivity index (χ0n) is 9.58. The summed E-state index contributed by atoms with van der Waals surface area (Å²) < 4.78 is 0. The standard InChI is InChI=1S/C11H25NO/c1-10(2)9-12(11(3)4)7-5-6-8-13/h10-11,13H,5-9H2,1-4H3. The minimum Gasteiger partial charge on any atom is -0.396 e. The Morgan fingerprint density at radius 3 is 2.08 bits per heavy atom. The Kier molecular flexibility index (Phi) is 7.29. The summed E-state index contributed by atoms with van der Waals surface area (Å²) in [5, 5.41) is 8.68. The summed E-state index contributed by atoms with van der Waals surface area (Å²) in [7, 11) is 0. The predicted molar refractivity (Wildman–Crippen MR) is 57.9 cm³/mol. The molecular formula is C11H25NO. The molecule has 0 aromatic rings. The van der Waals surface area contributed by atoms with E-state index in [9.17, 15) is 0 Å². The second-order valence-electron chi connectivity index (χ2n) is 4.41. The number of hydrogen-bond donors (Lipinski definition) is 1. The quantitative estimate of drug-likeness (QED) is 0.617. The van der Waals surface area contributed by atoms with Crippen LogP contribution in [0, 0.1) is 5.92 Å². The maximum Gasteiger partial charge on any atom is 0.0431 e. The molecule has 13 heavy (non-hydrogen) atoms. The molecule has 0 spiro atoms. The molecule has 0 radical (unpaired) electrons. The first-order valence-electron chi connectivity index (χ1n) is 5.42. The van der Waals surface area contributed by atoms with Gasteiger partial charge in [-0.1, -0.05) is 13.8 Å². The molecule has 0 aromatic heterocycles. The normalized spacial score (nSPS) is 12.0. The molecule has 0 aliphatic rings. The second-order valence-corrected chi connectivity index (χ2v) is 4.41. The average molecular weight is 187 g/mol. The molecule has 0 rings (SSSR count). The highest BCUT2D eigenvalue weighted by Crippen LogP contribution is 2.05. The van der Waals surface area contributed by atoms with Gasteiger partial charge in [0.25, 0.3) is 0 Å². The molecule has 0 heterocycles. The Bertz CT molecular complexity index is 113. The van der Waals surface area contributed by atoms with Crippen molar-refractivity contribution in [3.8, 4) is 0 Å². The molecule has 0 atom stereocenters. The van der Waals surface area contributed by atoms with Gasteiger partial charge in [-0.25, -0.2) is 0 Å². The summed E-state index contributed by atoms with van der Waals surface area (Å²) in [5.41, 5.74) is 0. The van der Waals surface area contributed by atoms with E-state index < -0.39 is 0 Å². The van der Waals surface area contributed by atoms with Gasteiger partial charge in [0.2, 0.25) is 0 Å². The Balaban J connectivity index is 3.67. The largest absolute Gasteiger partial charge is 0.396 e. The van der Waals surface area contributed by atoms with Gasteiger partial charge in [0.05, 0.1) is 0 Å². The molecule has 1 N–H and O–H groups in total. The third kappa shape index (κ3) is 7.03. The Morgan fingerprint density at radius 1 is 1.08 bits per heavy atom. The molecule has 0 saturated heterocycles. The number of nitrogens with zero attached hydrogens (tertiary/aromatic N) is 1. The lowest BCUT2D eigenvalue weighted by atomic mass is 10.1. The summed E-state index contributed by atoms with van der Waals surface area (Å²) >= 11 is 0. The van der Waals surface area contributed by atoms with Crippen molar-refractivity contribution < 1.29 is 5.11 Å². The van der Waals surface area contributed by atoms with E-state index in [1.807, 2.05) is 0 Å². The summed E-state index contributed by atoms with van der Waals surface area (Å²) in [6, 6.07) is 0.626. The van der Waals surface area contributed by atoms with Gasteiger partial charge < -0.3 is 10.0 Å². The Hall–Kier alpha value is -0.0800. The monoisotopic (exact) mass is 187 g/mol. The highest BCUT2D eigenvalue weighted by atomic mass is 16.2. The van der Waals surface area contributed by atoms with E-state index in [1.165, 1.54) is 6.54 Å². The van der Waals surface area contributed by atoms with Crippen LogP contribution in [0.2, 0.25) is 0 Å². The highest BCUT2D eigenvalue weighted by Gasteiger charge is 2.09. The van der Waals surface area contributed by atoms with Gasteiger partial charge in [0.15, 0.2) is 0 Å². The van der Waals surface area contributed by atoms with Crippen molar-refractivity contribution in [2.75, 3.05) is 19.7 Å². The fourth-order valence-electron chi connectivity index (χ4n) is 1.46. The lowest BCUT2D eigenvalue weighted by Gasteiger charge is -2.28. The van der Waals surface area contributed by atoms with Gasteiger partial charge in [-0.15, -0.1) is 0 Å².